The Hall–Kier alpha value is -1.76. The highest BCUT2D eigenvalue weighted by atomic mass is 16.3. The lowest BCUT2D eigenvalue weighted by atomic mass is 10.1. The summed E-state index contributed by atoms with van der Waals surface area (Å²) in [5.41, 5.74) is 1.85. The summed E-state index contributed by atoms with van der Waals surface area (Å²) < 4.78 is 0. The molecule has 1 saturated heterocycles. The molecular weight excluding hydrogens is 254 g/mol. The summed E-state index contributed by atoms with van der Waals surface area (Å²) >= 11 is 0. The van der Waals surface area contributed by atoms with Gasteiger partial charge in [0.1, 0.15) is 0 Å². The van der Waals surface area contributed by atoms with Gasteiger partial charge >= 0.3 is 0 Å². The van der Waals surface area contributed by atoms with Gasteiger partial charge < -0.3 is 15.7 Å². The monoisotopic (exact) mass is 273 g/mol. The lowest BCUT2D eigenvalue weighted by molar-refractivity contribution is 0.146. The van der Waals surface area contributed by atoms with Crippen LogP contribution in [0.4, 0.5) is 0 Å². The summed E-state index contributed by atoms with van der Waals surface area (Å²) in [6, 6.07) is 9.84. The molecule has 2 atom stereocenters. The van der Waals surface area contributed by atoms with Gasteiger partial charge in [-0.15, -0.1) is 0 Å². The second kappa shape index (κ2) is 6.13. The number of nitrogens with zero attached hydrogens (tertiary/aromatic N) is 3. The molecule has 3 N–H and O–H groups in total. The first kappa shape index (κ1) is 13.2. The molecule has 0 saturated carbocycles. The van der Waals surface area contributed by atoms with Crippen LogP contribution in [0.25, 0.3) is 5.69 Å². The van der Waals surface area contributed by atoms with E-state index < -0.39 is 0 Å². The highest BCUT2D eigenvalue weighted by Crippen LogP contribution is 2.08. The number of benzene rings is 1. The highest BCUT2D eigenvalue weighted by Gasteiger charge is 2.24. The Labute approximate surface area is 117 Å². The van der Waals surface area contributed by atoms with Gasteiger partial charge in [0.15, 0.2) is 0 Å². The van der Waals surface area contributed by atoms with Crippen molar-refractivity contribution < 1.29 is 5.11 Å². The van der Waals surface area contributed by atoms with Crippen LogP contribution in [0.3, 0.4) is 0 Å². The van der Waals surface area contributed by atoms with Gasteiger partial charge in [-0.3, -0.25) is 0 Å². The fourth-order valence-electron chi connectivity index (χ4n) is 2.37. The Morgan fingerprint density at radius 1 is 1.30 bits per heavy atom. The fourth-order valence-corrected chi connectivity index (χ4v) is 2.37. The molecule has 1 aliphatic rings. The van der Waals surface area contributed by atoms with Gasteiger partial charge in [0.25, 0.3) is 0 Å². The van der Waals surface area contributed by atoms with Crippen LogP contribution in [0, 0.1) is 5.92 Å². The first-order valence-electron chi connectivity index (χ1n) is 6.89. The van der Waals surface area contributed by atoms with E-state index >= 15 is 0 Å². The Kier molecular flexibility index (Phi) is 4.05. The van der Waals surface area contributed by atoms with Crippen LogP contribution in [0.2, 0.25) is 0 Å². The summed E-state index contributed by atoms with van der Waals surface area (Å²) in [5.74, 6) is 0.277. The number of aromatic nitrogens is 3. The zero-order valence-corrected chi connectivity index (χ0v) is 11.2. The van der Waals surface area contributed by atoms with Crippen LogP contribution in [-0.2, 0) is 6.54 Å². The van der Waals surface area contributed by atoms with Crippen molar-refractivity contribution in [3.8, 4) is 5.69 Å². The third-order valence-corrected chi connectivity index (χ3v) is 3.54. The van der Waals surface area contributed by atoms with Crippen LogP contribution in [0.15, 0.2) is 36.5 Å². The predicted octanol–water partition coefficient (Wildman–Crippen LogP) is -0.0628. The van der Waals surface area contributed by atoms with E-state index in [0.29, 0.717) is 13.1 Å². The lowest BCUT2D eigenvalue weighted by Gasteiger charge is -2.13. The second-order valence-corrected chi connectivity index (χ2v) is 5.08. The molecule has 0 amide bonds. The average Bonchev–Trinajstić information content (AvgIpc) is 3.10. The van der Waals surface area contributed by atoms with Crippen molar-refractivity contribution in [2.45, 2.75) is 12.6 Å². The maximum atomic E-state index is 9.70. The molecule has 0 bridgehead atoms. The molecule has 6 nitrogen and oxygen atoms in total. The van der Waals surface area contributed by atoms with Crippen LogP contribution < -0.4 is 10.6 Å². The molecular formula is C14H19N5O. The minimum atomic E-state index is -0.248. The van der Waals surface area contributed by atoms with Crippen LogP contribution in [0.5, 0.6) is 0 Å². The summed E-state index contributed by atoms with van der Waals surface area (Å²) in [7, 11) is 0. The van der Waals surface area contributed by atoms with E-state index in [1.165, 1.54) is 0 Å². The quantitative estimate of drug-likeness (QED) is 0.711. The van der Waals surface area contributed by atoms with Crippen molar-refractivity contribution >= 4 is 0 Å². The number of rotatable bonds is 5. The SMILES string of the molecule is OC1CNCC1CNCc1cnn(-c2ccccc2)n1. The molecule has 1 fully saturated rings. The number of hydrogen-bond donors (Lipinski definition) is 3. The summed E-state index contributed by atoms with van der Waals surface area (Å²) in [5, 5.41) is 24.9. The third-order valence-electron chi connectivity index (χ3n) is 3.54. The Morgan fingerprint density at radius 2 is 2.15 bits per heavy atom. The molecule has 2 heterocycles. The van der Waals surface area contributed by atoms with E-state index in [0.717, 1.165) is 24.5 Å². The third kappa shape index (κ3) is 3.04. The smallest absolute Gasteiger partial charge is 0.0969 e. The number of para-hydroxylation sites is 1. The lowest BCUT2D eigenvalue weighted by Crippen LogP contribution is -2.30. The highest BCUT2D eigenvalue weighted by molar-refractivity contribution is 5.28. The molecule has 106 valence electrons. The molecule has 2 aromatic rings. The van der Waals surface area contributed by atoms with Crippen LogP contribution >= 0.6 is 0 Å². The molecule has 6 heteroatoms. The van der Waals surface area contributed by atoms with E-state index in [9.17, 15) is 5.11 Å². The normalized spacial score (nSPS) is 22.2. The first-order chi connectivity index (χ1) is 9.83. The van der Waals surface area contributed by atoms with Gasteiger partial charge in [-0.05, 0) is 12.1 Å². The number of hydrogen-bond acceptors (Lipinski definition) is 5. The predicted molar refractivity (Wildman–Crippen MR) is 75.4 cm³/mol. The minimum absolute atomic E-state index is 0.248. The summed E-state index contributed by atoms with van der Waals surface area (Å²) in [6.07, 6.45) is 1.52. The fraction of sp³-hybridized carbons (Fsp3) is 0.429. The largest absolute Gasteiger partial charge is 0.391 e. The number of aliphatic hydroxyl groups excluding tert-OH is 1. The minimum Gasteiger partial charge on any atom is -0.391 e. The number of aliphatic hydroxyl groups is 1. The molecule has 0 radical (unpaired) electrons. The molecule has 20 heavy (non-hydrogen) atoms. The molecule has 1 aromatic carbocycles. The van der Waals surface area contributed by atoms with Crippen LogP contribution in [-0.4, -0.2) is 45.8 Å². The molecule has 1 aromatic heterocycles. The zero-order valence-electron chi connectivity index (χ0n) is 11.2. The first-order valence-corrected chi connectivity index (χ1v) is 6.89. The average molecular weight is 273 g/mol. The van der Waals surface area contributed by atoms with Gasteiger partial charge in [0.2, 0.25) is 0 Å². The number of nitrogens with one attached hydrogen (secondary N) is 2. The van der Waals surface area contributed by atoms with Gasteiger partial charge in [0, 0.05) is 32.1 Å². The molecule has 3 rings (SSSR count). The van der Waals surface area contributed by atoms with Crippen molar-refractivity contribution in [3.63, 3.8) is 0 Å². The zero-order chi connectivity index (χ0) is 13.8. The van der Waals surface area contributed by atoms with Crippen molar-refractivity contribution in [2.24, 2.45) is 5.92 Å². The van der Waals surface area contributed by atoms with Gasteiger partial charge in [-0.25, -0.2) is 0 Å². The van der Waals surface area contributed by atoms with E-state index in [4.69, 9.17) is 0 Å². The molecule has 0 aliphatic carbocycles. The Morgan fingerprint density at radius 3 is 2.90 bits per heavy atom. The van der Waals surface area contributed by atoms with Crippen molar-refractivity contribution in [1.82, 2.24) is 25.6 Å². The second-order valence-electron chi connectivity index (χ2n) is 5.08. The van der Waals surface area contributed by atoms with E-state index in [2.05, 4.69) is 20.8 Å². The van der Waals surface area contributed by atoms with E-state index in [1.54, 1.807) is 11.0 Å². The van der Waals surface area contributed by atoms with Gasteiger partial charge in [-0.2, -0.15) is 15.0 Å². The maximum Gasteiger partial charge on any atom is 0.0969 e. The van der Waals surface area contributed by atoms with Gasteiger partial charge in [0.05, 0.1) is 23.7 Å². The molecule has 1 aliphatic heterocycles. The van der Waals surface area contributed by atoms with E-state index in [1.807, 2.05) is 30.3 Å². The van der Waals surface area contributed by atoms with Crippen molar-refractivity contribution in [2.75, 3.05) is 19.6 Å². The Balaban J connectivity index is 1.53. The Bertz CT molecular complexity index is 542. The maximum absolute atomic E-state index is 9.70. The number of β-amino-alcohol motifs (C(OH)–C–C–N with tert-alkyl or cyclic N) is 1. The van der Waals surface area contributed by atoms with Gasteiger partial charge in [-0.1, -0.05) is 18.2 Å². The summed E-state index contributed by atoms with van der Waals surface area (Å²) in [6.45, 7) is 3.00. The topological polar surface area (TPSA) is 75.0 Å². The molecule has 0 spiro atoms. The van der Waals surface area contributed by atoms with Crippen molar-refractivity contribution in [3.05, 3.63) is 42.2 Å². The standard InChI is InChI=1S/C14H19N5O/c20-14-10-16-7-11(14)6-15-8-12-9-17-19(18-12)13-4-2-1-3-5-13/h1-5,9,11,14-16,20H,6-8,10H2. The van der Waals surface area contributed by atoms with E-state index in [-0.39, 0.29) is 12.0 Å². The molecule has 2 unspecified atom stereocenters. The van der Waals surface area contributed by atoms with Crippen LogP contribution in [0.1, 0.15) is 5.69 Å². The summed E-state index contributed by atoms with van der Waals surface area (Å²) in [4.78, 5) is 1.63. The van der Waals surface area contributed by atoms with Crippen molar-refractivity contribution in [1.29, 1.82) is 0 Å².